The lowest BCUT2D eigenvalue weighted by Crippen LogP contribution is -2.51. The van der Waals surface area contributed by atoms with E-state index in [2.05, 4.69) is 23.5 Å². The maximum absolute atomic E-state index is 13.7. The first-order valence-corrected chi connectivity index (χ1v) is 14.6. The van der Waals surface area contributed by atoms with Gasteiger partial charge in [0, 0.05) is 0 Å². The van der Waals surface area contributed by atoms with Crippen LogP contribution in [0.3, 0.4) is 0 Å². The first kappa shape index (κ1) is 26.1. The number of nitrogens with zero attached hydrogens (tertiary/aromatic N) is 1. The summed E-state index contributed by atoms with van der Waals surface area (Å²) in [6.07, 6.45) is 4.28. The average Bonchev–Trinajstić information content (AvgIpc) is 2.94. The number of hydrogen-bond acceptors (Lipinski definition) is 5. The third-order valence-corrected chi connectivity index (χ3v) is 9.22. The molecular formula is C30H34N2O5S. The molecule has 0 aromatic heterocycles. The van der Waals surface area contributed by atoms with Crippen molar-refractivity contribution in [2.24, 2.45) is 0 Å². The Hall–Kier alpha value is -3.52. The van der Waals surface area contributed by atoms with Crippen LogP contribution in [-0.2, 0) is 27.7 Å². The summed E-state index contributed by atoms with van der Waals surface area (Å²) in [4.78, 5) is 13.7. The first-order chi connectivity index (χ1) is 18.3. The SMILES string of the molecule is CC[C@H](NC(=O)[C@@H]1CN(S(=O)(=O)c2ccc(OC)cc2)c2ccc(C)cc2O1)c1ccc2c(c1)CCCC2. The minimum atomic E-state index is -3.96. The van der Waals surface area contributed by atoms with Gasteiger partial charge < -0.3 is 14.8 Å². The van der Waals surface area contributed by atoms with Crippen molar-refractivity contribution in [1.29, 1.82) is 0 Å². The third kappa shape index (κ3) is 5.10. The number of methoxy groups -OCH3 is 1. The van der Waals surface area contributed by atoms with E-state index in [4.69, 9.17) is 9.47 Å². The van der Waals surface area contributed by atoms with Gasteiger partial charge in [-0.15, -0.1) is 0 Å². The molecule has 1 aliphatic heterocycles. The summed E-state index contributed by atoms with van der Waals surface area (Å²) in [5.74, 6) is 0.596. The molecule has 0 saturated carbocycles. The van der Waals surface area contributed by atoms with Gasteiger partial charge in [-0.2, -0.15) is 0 Å². The summed E-state index contributed by atoms with van der Waals surface area (Å²) in [5, 5.41) is 3.13. The van der Waals surface area contributed by atoms with Gasteiger partial charge in [-0.3, -0.25) is 9.10 Å². The molecule has 38 heavy (non-hydrogen) atoms. The van der Waals surface area contributed by atoms with Gasteiger partial charge in [-0.05, 0) is 97.7 Å². The van der Waals surface area contributed by atoms with Crippen molar-refractivity contribution in [3.63, 3.8) is 0 Å². The topological polar surface area (TPSA) is 84.9 Å². The molecule has 0 unspecified atom stereocenters. The Kier molecular flexibility index (Phi) is 7.34. The van der Waals surface area contributed by atoms with Crippen LogP contribution in [0.15, 0.2) is 65.6 Å². The second-order valence-electron chi connectivity index (χ2n) is 9.99. The fourth-order valence-corrected chi connectivity index (χ4v) is 6.73. The maximum Gasteiger partial charge on any atom is 0.264 e. The lowest BCUT2D eigenvalue weighted by atomic mass is 9.88. The number of nitrogens with one attached hydrogen (secondary N) is 1. The van der Waals surface area contributed by atoms with Gasteiger partial charge in [-0.25, -0.2) is 8.42 Å². The predicted octanol–water partition coefficient (Wildman–Crippen LogP) is 5.11. The summed E-state index contributed by atoms with van der Waals surface area (Å²) in [7, 11) is -2.43. The number of fused-ring (bicyclic) bond motifs is 2. The average molecular weight is 535 g/mol. The second-order valence-corrected chi connectivity index (χ2v) is 11.9. The van der Waals surface area contributed by atoms with Crippen molar-refractivity contribution in [3.05, 3.63) is 82.9 Å². The number of aryl methyl sites for hydroxylation is 3. The van der Waals surface area contributed by atoms with E-state index in [1.54, 1.807) is 24.3 Å². The van der Waals surface area contributed by atoms with Crippen molar-refractivity contribution >= 4 is 21.6 Å². The molecule has 1 aliphatic carbocycles. The maximum atomic E-state index is 13.7. The monoisotopic (exact) mass is 534 g/mol. The first-order valence-electron chi connectivity index (χ1n) is 13.2. The molecule has 7 nitrogen and oxygen atoms in total. The molecular weight excluding hydrogens is 500 g/mol. The molecule has 0 saturated heterocycles. The molecule has 1 amide bonds. The zero-order chi connectivity index (χ0) is 26.9. The number of ether oxygens (including phenoxy) is 2. The molecule has 0 fully saturated rings. The number of sulfonamides is 1. The van der Waals surface area contributed by atoms with Gasteiger partial charge in [0.05, 0.1) is 30.3 Å². The van der Waals surface area contributed by atoms with Gasteiger partial charge in [0.15, 0.2) is 6.10 Å². The Morgan fingerprint density at radius 1 is 1.05 bits per heavy atom. The van der Waals surface area contributed by atoms with E-state index in [-0.39, 0.29) is 23.4 Å². The van der Waals surface area contributed by atoms with Crippen LogP contribution in [0.1, 0.15) is 54.5 Å². The number of hydrogen-bond donors (Lipinski definition) is 1. The van der Waals surface area contributed by atoms with Crippen LogP contribution in [0.5, 0.6) is 11.5 Å². The van der Waals surface area contributed by atoms with E-state index >= 15 is 0 Å². The molecule has 5 rings (SSSR count). The van der Waals surface area contributed by atoms with Crippen molar-refractivity contribution in [2.75, 3.05) is 18.0 Å². The summed E-state index contributed by atoms with van der Waals surface area (Å²) >= 11 is 0. The molecule has 1 heterocycles. The van der Waals surface area contributed by atoms with Crippen LogP contribution in [-0.4, -0.2) is 34.1 Å². The van der Waals surface area contributed by atoms with Crippen molar-refractivity contribution < 1.29 is 22.7 Å². The molecule has 200 valence electrons. The number of carbonyl (C=O) groups is 1. The molecule has 8 heteroatoms. The smallest absolute Gasteiger partial charge is 0.264 e. The zero-order valence-corrected chi connectivity index (χ0v) is 22.9. The van der Waals surface area contributed by atoms with E-state index in [0.29, 0.717) is 23.6 Å². The van der Waals surface area contributed by atoms with E-state index in [0.717, 1.165) is 24.0 Å². The molecule has 0 bridgehead atoms. The molecule has 2 atom stereocenters. The fraction of sp³-hybridized carbons (Fsp3) is 0.367. The highest BCUT2D eigenvalue weighted by molar-refractivity contribution is 7.92. The summed E-state index contributed by atoms with van der Waals surface area (Å²) < 4.78 is 40.0. The van der Waals surface area contributed by atoms with Gasteiger partial charge >= 0.3 is 0 Å². The number of benzene rings is 3. The van der Waals surface area contributed by atoms with Crippen LogP contribution in [0.2, 0.25) is 0 Å². The Bertz CT molecular complexity index is 1440. The van der Waals surface area contributed by atoms with Gasteiger partial charge in [0.2, 0.25) is 0 Å². The van der Waals surface area contributed by atoms with Crippen LogP contribution in [0.4, 0.5) is 5.69 Å². The fourth-order valence-electron chi connectivity index (χ4n) is 5.26. The molecule has 2 aliphatic rings. The Labute approximate surface area is 224 Å². The van der Waals surface area contributed by atoms with E-state index in [1.807, 2.05) is 19.9 Å². The van der Waals surface area contributed by atoms with Gasteiger partial charge in [-0.1, -0.05) is 31.2 Å². The van der Waals surface area contributed by atoms with Crippen molar-refractivity contribution in [1.82, 2.24) is 5.32 Å². The summed E-state index contributed by atoms with van der Waals surface area (Å²) in [6.45, 7) is 3.81. The lowest BCUT2D eigenvalue weighted by molar-refractivity contribution is -0.128. The largest absolute Gasteiger partial charge is 0.497 e. The second kappa shape index (κ2) is 10.7. The molecule has 0 spiro atoms. The molecule has 3 aromatic carbocycles. The highest BCUT2D eigenvalue weighted by Crippen LogP contribution is 2.38. The minimum absolute atomic E-state index is 0.117. The van der Waals surface area contributed by atoms with E-state index in [9.17, 15) is 13.2 Å². The normalized spacial score (nSPS) is 17.6. The quantitative estimate of drug-likeness (QED) is 0.456. The highest BCUT2D eigenvalue weighted by Gasteiger charge is 2.38. The summed E-state index contributed by atoms with van der Waals surface area (Å²) in [5.41, 5.74) is 5.14. The number of amides is 1. The number of anilines is 1. The van der Waals surface area contributed by atoms with Crippen LogP contribution in [0, 0.1) is 6.92 Å². The van der Waals surface area contributed by atoms with Crippen molar-refractivity contribution in [3.8, 4) is 11.5 Å². The molecule has 1 N–H and O–H groups in total. The standard InChI is InChI=1S/C30H34N2O5S/c1-4-26(23-11-10-21-7-5-6-8-22(21)18-23)31-30(33)29-19-32(27-16-9-20(2)17-28(27)37-29)38(34,35)25-14-12-24(36-3)13-15-25/h9-18,26,29H,4-8,19H2,1-3H3,(H,31,33)/t26-,29-/m0/s1. The van der Waals surface area contributed by atoms with Gasteiger partial charge in [0.25, 0.3) is 15.9 Å². The van der Waals surface area contributed by atoms with Crippen molar-refractivity contribution in [2.45, 2.75) is 63.0 Å². The zero-order valence-electron chi connectivity index (χ0n) is 22.1. The van der Waals surface area contributed by atoms with E-state index in [1.165, 1.54) is 47.5 Å². The highest BCUT2D eigenvalue weighted by atomic mass is 32.2. The van der Waals surface area contributed by atoms with Gasteiger partial charge in [0.1, 0.15) is 11.5 Å². The molecule has 0 radical (unpaired) electrons. The number of rotatable bonds is 7. The Morgan fingerprint density at radius 3 is 2.50 bits per heavy atom. The van der Waals surface area contributed by atoms with Crippen LogP contribution >= 0.6 is 0 Å². The van der Waals surface area contributed by atoms with E-state index < -0.39 is 16.1 Å². The number of carbonyl (C=O) groups excluding carboxylic acids is 1. The van der Waals surface area contributed by atoms with Crippen LogP contribution in [0.25, 0.3) is 0 Å². The Morgan fingerprint density at radius 2 is 1.79 bits per heavy atom. The molecule has 3 aromatic rings. The third-order valence-electron chi connectivity index (χ3n) is 7.42. The Balaban J connectivity index is 1.42. The minimum Gasteiger partial charge on any atom is -0.497 e. The van der Waals surface area contributed by atoms with Crippen LogP contribution < -0.4 is 19.1 Å². The predicted molar refractivity (Wildman–Crippen MR) is 147 cm³/mol. The lowest BCUT2D eigenvalue weighted by Gasteiger charge is -2.35. The summed E-state index contributed by atoms with van der Waals surface area (Å²) in [6, 6.07) is 17.9.